The van der Waals surface area contributed by atoms with Crippen LogP contribution >= 0.6 is 11.6 Å². The fourth-order valence-corrected chi connectivity index (χ4v) is 2.53. The van der Waals surface area contributed by atoms with Crippen molar-refractivity contribution in [3.05, 3.63) is 53.1 Å². The smallest absolute Gasteiger partial charge is 0.393 e. The molecule has 0 atom stereocenters. The lowest BCUT2D eigenvalue weighted by molar-refractivity contribution is 0.198. The topological polar surface area (TPSA) is 118 Å². The Balaban J connectivity index is 1.64. The second-order valence-electron chi connectivity index (χ2n) is 5.48. The first kappa shape index (κ1) is 18.5. The number of aromatic amines is 1. The third-order valence-electron chi connectivity index (χ3n) is 3.63. The second kappa shape index (κ2) is 7.92. The maximum atomic E-state index is 13.1. The number of anilines is 2. The SMILES string of the molecule is CNc1cnc(N)nc1-c1c[nH]c(OC(=O)NCc2ccc(F)c(Cl)c2)c1. The molecule has 0 aliphatic carbocycles. The molecule has 140 valence electrons. The highest BCUT2D eigenvalue weighted by atomic mass is 35.5. The molecular weight excluding hydrogens is 375 g/mol. The maximum Gasteiger partial charge on any atom is 0.414 e. The molecule has 10 heteroatoms. The number of nitrogens with one attached hydrogen (secondary N) is 3. The molecule has 0 radical (unpaired) electrons. The van der Waals surface area contributed by atoms with Crippen LogP contribution in [-0.4, -0.2) is 28.1 Å². The van der Waals surface area contributed by atoms with Gasteiger partial charge in [-0.3, -0.25) is 0 Å². The highest BCUT2D eigenvalue weighted by Gasteiger charge is 2.12. The zero-order valence-corrected chi connectivity index (χ0v) is 15.0. The number of nitrogens with zero attached hydrogens (tertiary/aromatic N) is 2. The van der Waals surface area contributed by atoms with Crippen LogP contribution in [0.15, 0.2) is 36.7 Å². The molecular formula is C17H16ClFN6O2. The van der Waals surface area contributed by atoms with E-state index in [2.05, 4.69) is 25.6 Å². The molecule has 0 saturated heterocycles. The Kier molecular flexibility index (Phi) is 5.41. The molecule has 0 fully saturated rings. The van der Waals surface area contributed by atoms with E-state index >= 15 is 0 Å². The van der Waals surface area contributed by atoms with Crippen molar-refractivity contribution in [3.63, 3.8) is 0 Å². The average Bonchev–Trinajstić information content (AvgIpc) is 3.11. The molecule has 3 rings (SSSR count). The molecule has 2 heterocycles. The van der Waals surface area contributed by atoms with Crippen molar-refractivity contribution in [1.29, 1.82) is 0 Å². The van der Waals surface area contributed by atoms with Gasteiger partial charge in [-0.1, -0.05) is 17.7 Å². The van der Waals surface area contributed by atoms with Crippen LogP contribution < -0.4 is 21.1 Å². The third-order valence-corrected chi connectivity index (χ3v) is 3.92. The van der Waals surface area contributed by atoms with E-state index in [1.165, 1.54) is 18.2 Å². The van der Waals surface area contributed by atoms with Crippen molar-refractivity contribution < 1.29 is 13.9 Å². The van der Waals surface area contributed by atoms with Crippen molar-refractivity contribution in [2.45, 2.75) is 6.54 Å². The Bertz CT molecular complexity index is 978. The summed E-state index contributed by atoms with van der Waals surface area (Å²) in [5, 5.41) is 5.51. The number of halogens is 2. The lowest BCUT2D eigenvalue weighted by Gasteiger charge is -2.06. The summed E-state index contributed by atoms with van der Waals surface area (Å²) >= 11 is 5.71. The van der Waals surface area contributed by atoms with E-state index in [9.17, 15) is 9.18 Å². The van der Waals surface area contributed by atoms with E-state index in [-0.39, 0.29) is 23.4 Å². The zero-order valence-electron chi connectivity index (χ0n) is 14.2. The number of H-pyrrole nitrogens is 1. The summed E-state index contributed by atoms with van der Waals surface area (Å²) in [6.45, 7) is 0.138. The van der Waals surface area contributed by atoms with Gasteiger partial charge < -0.3 is 26.1 Å². The fraction of sp³-hybridized carbons (Fsp3) is 0.118. The van der Waals surface area contributed by atoms with Crippen LogP contribution in [0.3, 0.4) is 0 Å². The van der Waals surface area contributed by atoms with Crippen molar-refractivity contribution in [3.8, 4) is 17.1 Å². The number of amides is 1. The highest BCUT2D eigenvalue weighted by Crippen LogP contribution is 2.28. The van der Waals surface area contributed by atoms with Crippen LogP contribution in [0.1, 0.15) is 5.56 Å². The first-order valence-corrected chi connectivity index (χ1v) is 8.22. The Morgan fingerprint density at radius 1 is 1.41 bits per heavy atom. The molecule has 0 spiro atoms. The Morgan fingerprint density at radius 2 is 2.22 bits per heavy atom. The summed E-state index contributed by atoms with van der Waals surface area (Å²) in [4.78, 5) is 22.9. The van der Waals surface area contributed by atoms with Crippen molar-refractivity contribution >= 4 is 29.3 Å². The number of ether oxygens (including phenoxy) is 1. The molecule has 1 amide bonds. The van der Waals surface area contributed by atoms with Gasteiger partial charge in [0.1, 0.15) is 11.5 Å². The predicted molar refractivity (Wildman–Crippen MR) is 100 cm³/mol. The first-order valence-electron chi connectivity index (χ1n) is 7.85. The van der Waals surface area contributed by atoms with E-state index in [0.29, 0.717) is 22.5 Å². The van der Waals surface area contributed by atoms with Crippen LogP contribution in [0, 0.1) is 5.82 Å². The average molecular weight is 391 g/mol. The van der Waals surface area contributed by atoms with Crippen LogP contribution in [0.4, 0.5) is 20.8 Å². The molecule has 27 heavy (non-hydrogen) atoms. The lowest BCUT2D eigenvalue weighted by Crippen LogP contribution is -2.26. The molecule has 0 saturated carbocycles. The van der Waals surface area contributed by atoms with Crippen LogP contribution in [0.2, 0.25) is 5.02 Å². The van der Waals surface area contributed by atoms with E-state index in [4.69, 9.17) is 22.1 Å². The zero-order chi connectivity index (χ0) is 19.4. The summed E-state index contributed by atoms with van der Waals surface area (Å²) in [5.74, 6) is -0.171. The van der Waals surface area contributed by atoms with E-state index < -0.39 is 11.9 Å². The van der Waals surface area contributed by atoms with Gasteiger partial charge in [0.15, 0.2) is 0 Å². The monoisotopic (exact) mass is 390 g/mol. The number of aromatic nitrogens is 3. The molecule has 1 aromatic carbocycles. The molecule has 2 aromatic heterocycles. The first-order chi connectivity index (χ1) is 13.0. The van der Waals surface area contributed by atoms with Gasteiger partial charge >= 0.3 is 6.09 Å². The molecule has 3 aromatic rings. The summed E-state index contributed by atoms with van der Waals surface area (Å²) in [7, 11) is 1.73. The summed E-state index contributed by atoms with van der Waals surface area (Å²) in [6.07, 6.45) is 2.51. The molecule has 5 N–H and O–H groups in total. The Hall–Kier alpha value is -3.33. The molecule has 0 unspecified atom stereocenters. The van der Waals surface area contributed by atoms with E-state index in [0.717, 1.165) is 0 Å². The predicted octanol–water partition coefficient (Wildman–Crippen LogP) is 3.18. The quantitative estimate of drug-likeness (QED) is 0.531. The fourth-order valence-electron chi connectivity index (χ4n) is 2.33. The van der Waals surface area contributed by atoms with Gasteiger partial charge in [-0.2, -0.15) is 0 Å². The van der Waals surface area contributed by atoms with Crippen LogP contribution in [0.5, 0.6) is 5.88 Å². The van der Waals surface area contributed by atoms with Gasteiger partial charge in [0.2, 0.25) is 11.8 Å². The van der Waals surface area contributed by atoms with Gasteiger partial charge in [0.05, 0.1) is 16.9 Å². The summed E-state index contributed by atoms with van der Waals surface area (Å²) < 4.78 is 18.3. The minimum Gasteiger partial charge on any atom is -0.393 e. The standard InChI is InChI=1S/C17H16ClFN6O2/c1-21-13-8-23-16(20)25-15(13)10-5-14(22-7-10)27-17(26)24-6-9-2-3-12(19)11(18)4-9/h2-5,7-8,21-22H,6H2,1H3,(H,24,26)(H2,20,23,25). The van der Waals surface area contributed by atoms with Crippen molar-refractivity contribution in [2.24, 2.45) is 0 Å². The molecule has 8 nitrogen and oxygen atoms in total. The lowest BCUT2D eigenvalue weighted by atomic mass is 10.2. The van der Waals surface area contributed by atoms with E-state index in [1.807, 2.05) is 0 Å². The van der Waals surface area contributed by atoms with Gasteiger partial charge in [-0.15, -0.1) is 0 Å². The number of carbonyl (C=O) groups is 1. The van der Waals surface area contributed by atoms with Crippen LogP contribution in [-0.2, 0) is 6.54 Å². The molecule has 0 bridgehead atoms. The minimum atomic E-state index is -0.681. The van der Waals surface area contributed by atoms with Crippen molar-refractivity contribution in [2.75, 3.05) is 18.1 Å². The van der Waals surface area contributed by atoms with Gasteiger partial charge in [-0.25, -0.2) is 19.2 Å². The number of hydrogen-bond acceptors (Lipinski definition) is 6. The third kappa shape index (κ3) is 4.45. The van der Waals surface area contributed by atoms with E-state index in [1.54, 1.807) is 25.5 Å². The largest absolute Gasteiger partial charge is 0.414 e. The second-order valence-corrected chi connectivity index (χ2v) is 5.89. The number of rotatable bonds is 5. The maximum absolute atomic E-state index is 13.1. The number of nitrogen functional groups attached to an aromatic ring is 1. The van der Waals surface area contributed by atoms with Gasteiger partial charge in [0, 0.05) is 31.4 Å². The summed E-state index contributed by atoms with van der Waals surface area (Å²) in [6, 6.07) is 5.79. The van der Waals surface area contributed by atoms with Gasteiger partial charge in [0.25, 0.3) is 0 Å². The highest BCUT2D eigenvalue weighted by molar-refractivity contribution is 6.30. The number of carbonyl (C=O) groups excluding carboxylic acids is 1. The number of hydrogen-bond donors (Lipinski definition) is 4. The molecule has 0 aliphatic heterocycles. The number of benzene rings is 1. The normalized spacial score (nSPS) is 10.5. The van der Waals surface area contributed by atoms with Crippen LogP contribution in [0.25, 0.3) is 11.3 Å². The van der Waals surface area contributed by atoms with Crippen molar-refractivity contribution in [1.82, 2.24) is 20.3 Å². The Labute approximate surface area is 158 Å². The van der Waals surface area contributed by atoms with Gasteiger partial charge in [-0.05, 0) is 17.7 Å². The number of nitrogens with two attached hydrogens (primary N) is 1. The minimum absolute atomic E-state index is 0.0128. The molecule has 0 aliphatic rings. The Morgan fingerprint density at radius 3 is 2.96 bits per heavy atom. The summed E-state index contributed by atoms with van der Waals surface area (Å²) in [5.41, 5.74) is 8.18.